The minimum Gasteiger partial charge on any atom is -0.197 e. The van der Waals surface area contributed by atoms with Crippen LogP contribution in [-0.2, 0) is 0 Å². The molecule has 0 amide bonds. The van der Waals surface area contributed by atoms with Gasteiger partial charge in [-0.2, -0.15) is 17.9 Å². The van der Waals surface area contributed by atoms with Crippen LogP contribution in [0.25, 0.3) is 0 Å². The van der Waals surface area contributed by atoms with Gasteiger partial charge in [0.15, 0.2) is 0 Å². The van der Waals surface area contributed by atoms with Crippen molar-refractivity contribution in [3.05, 3.63) is 0 Å². The largest absolute Gasteiger partial charge is 0.197 e. The summed E-state index contributed by atoms with van der Waals surface area (Å²) in [6, 6.07) is 1.79. The Balaban J connectivity index is 2.43. The van der Waals surface area contributed by atoms with E-state index in [-0.39, 0.29) is 0 Å². The highest BCUT2D eigenvalue weighted by Crippen LogP contribution is 1.59. The van der Waals surface area contributed by atoms with Crippen LogP contribution in [0.5, 0.6) is 0 Å². The summed E-state index contributed by atoms with van der Waals surface area (Å²) >= 11 is 3.56. The summed E-state index contributed by atoms with van der Waals surface area (Å²) in [5, 5.41) is 7.55. The molecule has 0 aliphatic rings. The summed E-state index contributed by atoms with van der Waals surface area (Å²) in [7, 11) is 0. The minimum absolute atomic E-state index is 0.319. The van der Waals surface area contributed by atoms with Crippen LogP contribution in [0.3, 0.4) is 0 Å². The molecular weight excluding hydrogens is 70.1 g/mol. The van der Waals surface area contributed by atoms with E-state index in [9.17, 15) is 0 Å². The van der Waals surface area contributed by atoms with Crippen LogP contribution in [0, 0.1) is 11.3 Å². The van der Waals surface area contributed by atoms with Gasteiger partial charge in [0.05, 0.1) is 11.8 Å². The number of thiol groups is 1. The van der Waals surface area contributed by atoms with Crippen LogP contribution in [0.2, 0.25) is 0 Å². The number of hydrogen-bond acceptors (Lipinski definition) is 2. The first-order chi connectivity index (χ1) is 1.91. The van der Waals surface area contributed by atoms with E-state index in [0.29, 0.717) is 5.75 Å². The average Bonchev–Trinajstić information content (AvgIpc) is 1.37. The molecule has 0 saturated heterocycles. The Hall–Kier alpha value is -0.160. The SMILES string of the molecule is N#CCS. The first kappa shape index (κ1) is 3.84. The minimum atomic E-state index is 0.319. The molecule has 0 saturated carbocycles. The predicted molar refractivity (Wildman–Crippen MR) is 19.5 cm³/mol. The Morgan fingerprint density at radius 2 is 2.25 bits per heavy atom. The summed E-state index contributed by atoms with van der Waals surface area (Å²) in [4.78, 5) is 0. The molecular formula is C2H3NS. The number of hydrogen-bond donors (Lipinski definition) is 1. The van der Waals surface area contributed by atoms with Crippen LogP contribution in [0.15, 0.2) is 0 Å². The molecule has 0 fully saturated rings. The topological polar surface area (TPSA) is 23.8 Å². The zero-order chi connectivity index (χ0) is 3.41. The van der Waals surface area contributed by atoms with Crippen molar-refractivity contribution in [2.45, 2.75) is 0 Å². The number of rotatable bonds is 0. The van der Waals surface area contributed by atoms with E-state index in [4.69, 9.17) is 5.26 Å². The molecule has 0 heterocycles. The third-order valence-electron chi connectivity index (χ3n) is 0.0707. The zero-order valence-corrected chi connectivity index (χ0v) is 3.00. The standard InChI is InChI=1S/C2H3NS/c3-1-2-4/h4H,2H2. The maximum atomic E-state index is 7.55. The van der Waals surface area contributed by atoms with E-state index in [0.717, 1.165) is 0 Å². The molecule has 0 atom stereocenters. The lowest BCUT2D eigenvalue weighted by Gasteiger charge is -1.47. The van der Waals surface area contributed by atoms with Crippen LogP contribution < -0.4 is 0 Å². The van der Waals surface area contributed by atoms with Gasteiger partial charge in [-0.25, -0.2) is 0 Å². The Kier molecular flexibility index (Phi) is 2.73. The van der Waals surface area contributed by atoms with Gasteiger partial charge < -0.3 is 0 Å². The molecule has 2 heteroatoms. The quantitative estimate of drug-likeness (QED) is 0.413. The van der Waals surface area contributed by atoms with Crippen molar-refractivity contribution in [2.75, 3.05) is 5.75 Å². The van der Waals surface area contributed by atoms with E-state index in [1.807, 2.05) is 0 Å². The van der Waals surface area contributed by atoms with Gasteiger partial charge in [-0.3, -0.25) is 0 Å². The maximum Gasteiger partial charge on any atom is 0.0777 e. The third kappa shape index (κ3) is 1.84. The molecule has 0 N–H and O–H groups in total. The first-order valence-electron chi connectivity index (χ1n) is 0.893. The number of nitriles is 1. The van der Waals surface area contributed by atoms with Gasteiger partial charge in [0.25, 0.3) is 0 Å². The highest BCUT2D eigenvalue weighted by molar-refractivity contribution is 7.80. The van der Waals surface area contributed by atoms with E-state index in [1.54, 1.807) is 6.07 Å². The van der Waals surface area contributed by atoms with Crippen LogP contribution in [-0.4, -0.2) is 5.75 Å². The first-order valence-corrected chi connectivity index (χ1v) is 1.53. The molecule has 1 nitrogen and oxygen atoms in total. The molecule has 0 aliphatic carbocycles. The van der Waals surface area contributed by atoms with Gasteiger partial charge in [0.2, 0.25) is 0 Å². The van der Waals surface area contributed by atoms with Crippen molar-refractivity contribution >= 4 is 12.6 Å². The summed E-state index contributed by atoms with van der Waals surface area (Å²) in [6.07, 6.45) is 0. The fourth-order valence-electron chi connectivity index (χ4n) is 0. The lowest BCUT2D eigenvalue weighted by molar-refractivity contribution is 1.50. The summed E-state index contributed by atoms with van der Waals surface area (Å²) < 4.78 is 0. The van der Waals surface area contributed by atoms with Gasteiger partial charge in [-0.1, -0.05) is 0 Å². The van der Waals surface area contributed by atoms with E-state index < -0.39 is 0 Å². The third-order valence-corrected chi connectivity index (χ3v) is 0.212. The van der Waals surface area contributed by atoms with Crippen molar-refractivity contribution < 1.29 is 0 Å². The number of nitrogens with zero attached hydrogens (tertiary/aromatic N) is 1. The maximum absolute atomic E-state index is 7.55. The lowest BCUT2D eigenvalue weighted by Crippen LogP contribution is -1.47. The van der Waals surface area contributed by atoms with Gasteiger partial charge in [0.1, 0.15) is 0 Å². The molecule has 0 aliphatic heterocycles. The summed E-state index contributed by atoms with van der Waals surface area (Å²) in [6.45, 7) is 0. The fraction of sp³-hybridized carbons (Fsp3) is 0.500. The van der Waals surface area contributed by atoms with Crippen LogP contribution >= 0.6 is 12.6 Å². The van der Waals surface area contributed by atoms with Gasteiger partial charge in [-0.05, 0) is 0 Å². The normalized spacial score (nSPS) is 5.00. The average molecular weight is 73.1 g/mol. The smallest absolute Gasteiger partial charge is 0.0777 e. The summed E-state index contributed by atoms with van der Waals surface area (Å²) in [5.74, 6) is 0.319. The lowest BCUT2D eigenvalue weighted by atomic mass is 10.9. The monoisotopic (exact) mass is 73.0 g/mol. The Morgan fingerprint density at radius 1 is 2.00 bits per heavy atom. The molecule has 0 aromatic carbocycles. The second-order valence-electron chi connectivity index (χ2n) is 0.316. The van der Waals surface area contributed by atoms with E-state index >= 15 is 0 Å². The van der Waals surface area contributed by atoms with Crippen molar-refractivity contribution in [3.63, 3.8) is 0 Å². The van der Waals surface area contributed by atoms with Gasteiger partial charge in [0, 0.05) is 0 Å². The molecule has 0 radical (unpaired) electrons. The molecule has 0 rings (SSSR count). The summed E-state index contributed by atoms with van der Waals surface area (Å²) in [5.41, 5.74) is 0. The predicted octanol–water partition coefficient (Wildman–Crippen LogP) is 0.440. The molecule has 0 aromatic rings. The molecule has 0 spiro atoms. The highest BCUT2D eigenvalue weighted by Gasteiger charge is 1.50. The highest BCUT2D eigenvalue weighted by atomic mass is 32.1. The molecule has 4 heavy (non-hydrogen) atoms. The second kappa shape index (κ2) is 2.84. The zero-order valence-electron chi connectivity index (χ0n) is 2.10. The van der Waals surface area contributed by atoms with Crippen molar-refractivity contribution in [1.29, 1.82) is 5.26 Å². The van der Waals surface area contributed by atoms with Crippen molar-refractivity contribution in [3.8, 4) is 6.07 Å². The Bertz CT molecular complexity index is 35.8. The second-order valence-corrected chi connectivity index (χ2v) is 0.632. The molecule has 0 aromatic heterocycles. The Morgan fingerprint density at radius 3 is 2.25 bits per heavy atom. The molecule has 0 unspecified atom stereocenters. The fourth-order valence-corrected chi connectivity index (χ4v) is 0. The van der Waals surface area contributed by atoms with Gasteiger partial charge in [-0.15, -0.1) is 0 Å². The van der Waals surface area contributed by atoms with Crippen molar-refractivity contribution in [2.24, 2.45) is 0 Å². The molecule has 0 bridgehead atoms. The van der Waals surface area contributed by atoms with E-state index in [1.165, 1.54) is 0 Å². The van der Waals surface area contributed by atoms with Gasteiger partial charge >= 0.3 is 0 Å². The van der Waals surface area contributed by atoms with Crippen molar-refractivity contribution in [1.82, 2.24) is 0 Å². The van der Waals surface area contributed by atoms with Crippen LogP contribution in [0.4, 0.5) is 0 Å². The van der Waals surface area contributed by atoms with Crippen LogP contribution in [0.1, 0.15) is 0 Å². The van der Waals surface area contributed by atoms with E-state index in [2.05, 4.69) is 12.6 Å². The molecule has 22 valence electrons. The Labute approximate surface area is 30.7 Å².